The van der Waals surface area contributed by atoms with Gasteiger partial charge in [-0.15, -0.1) is 0 Å². The maximum atomic E-state index is 12.1. The molecule has 0 radical (unpaired) electrons. The van der Waals surface area contributed by atoms with Gasteiger partial charge in [-0.3, -0.25) is 4.79 Å². The molecule has 2 heterocycles. The molecule has 0 aliphatic carbocycles. The van der Waals surface area contributed by atoms with E-state index in [9.17, 15) is 9.59 Å². The molecule has 1 aliphatic rings. The van der Waals surface area contributed by atoms with Crippen molar-refractivity contribution >= 4 is 22.8 Å². The number of esters is 1. The Bertz CT molecular complexity index is 976. The van der Waals surface area contributed by atoms with E-state index in [0.29, 0.717) is 17.3 Å². The van der Waals surface area contributed by atoms with E-state index in [1.807, 2.05) is 30.3 Å². The second-order valence-electron chi connectivity index (χ2n) is 6.12. The van der Waals surface area contributed by atoms with Crippen molar-refractivity contribution in [2.45, 2.75) is 13.0 Å². The Morgan fingerprint density at radius 1 is 1.11 bits per heavy atom. The predicted molar refractivity (Wildman–Crippen MR) is 95.6 cm³/mol. The fraction of sp³-hybridized carbons (Fsp3) is 0.200. The lowest BCUT2D eigenvalue weighted by molar-refractivity contribution is -0.125. The number of carbonyl (C=O) groups excluding carboxylic acids is 2. The van der Waals surface area contributed by atoms with Crippen LogP contribution in [0.2, 0.25) is 0 Å². The van der Waals surface area contributed by atoms with E-state index in [1.54, 1.807) is 19.1 Å². The van der Waals surface area contributed by atoms with Crippen LogP contribution in [0.4, 0.5) is 0 Å². The molecule has 0 spiro atoms. The Labute approximate surface area is 154 Å². The molecule has 27 heavy (non-hydrogen) atoms. The Kier molecular flexibility index (Phi) is 4.42. The average Bonchev–Trinajstić information content (AvgIpc) is 3.31. The summed E-state index contributed by atoms with van der Waals surface area (Å²) in [4.78, 5) is 24.2. The van der Waals surface area contributed by atoms with Crippen LogP contribution in [0.1, 0.15) is 29.1 Å². The molecule has 1 aliphatic heterocycles. The Morgan fingerprint density at radius 3 is 2.78 bits per heavy atom. The lowest BCUT2D eigenvalue weighted by atomic mass is 10.2. The van der Waals surface area contributed by atoms with Gasteiger partial charge in [0.2, 0.25) is 6.79 Å². The smallest absolute Gasteiger partial charge is 0.338 e. The van der Waals surface area contributed by atoms with Crippen LogP contribution in [-0.4, -0.2) is 25.3 Å². The molecule has 0 saturated heterocycles. The van der Waals surface area contributed by atoms with Crippen LogP contribution in [-0.2, 0) is 9.53 Å². The fourth-order valence-corrected chi connectivity index (χ4v) is 2.81. The van der Waals surface area contributed by atoms with Crippen molar-refractivity contribution in [2.75, 3.05) is 13.4 Å². The molecule has 0 bridgehead atoms. The number of furan rings is 1. The number of rotatable bonds is 5. The van der Waals surface area contributed by atoms with E-state index < -0.39 is 18.5 Å². The van der Waals surface area contributed by atoms with Crippen molar-refractivity contribution in [3.8, 4) is 11.5 Å². The lowest BCUT2D eigenvalue weighted by Gasteiger charge is -2.11. The van der Waals surface area contributed by atoms with Gasteiger partial charge in [-0.2, -0.15) is 0 Å². The highest BCUT2D eigenvalue weighted by Crippen LogP contribution is 2.32. The summed E-state index contributed by atoms with van der Waals surface area (Å²) in [5, 5.41) is 3.71. The van der Waals surface area contributed by atoms with Gasteiger partial charge in [-0.1, -0.05) is 18.2 Å². The maximum Gasteiger partial charge on any atom is 0.338 e. The van der Waals surface area contributed by atoms with E-state index in [2.05, 4.69) is 5.32 Å². The van der Waals surface area contributed by atoms with Crippen molar-refractivity contribution in [3.05, 3.63) is 59.9 Å². The quantitative estimate of drug-likeness (QED) is 0.697. The predicted octanol–water partition coefficient (Wildman–Crippen LogP) is 3.20. The molecule has 0 unspecified atom stereocenters. The molecule has 138 valence electrons. The van der Waals surface area contributed by atoms with Gasteiger partial charge in [-0.25, -0.2) is 4.79 Å². The van der Waals surface area contributed by atoms with E-state index in [4.69, 9.17) is 18.6 Å². The van der Waals surface area contributed by atoms with Gasteiger partial charge in [-0.05, 0) is 37.3 Å². The zero-order valence-electron chi connectivity index (χ0n) is 14.6. The van der Waals surface area contributed by atoms with Crippen LogP contribution in [0.25, 0.3) is 11.0 Å². The summed E-state index contributed by atoms with van der Waals surface area (Å²) in [6.07, 6.45) is 0. The fourth-order valence-electron chi connectivity index (χ4n) is 2.81. The molecule has 7 nitrogen and oxygen atoms in total. The molecular weight excluding hydrogens is 350 g/mol. The van der Waals surface area contributed by atoms with Crippen LogP contribution in [0, 0.1) is 0 Å². The van der Waals surface area contributed by atoms with Crippen molar-refractivity contribution in [1.29, 1.82) is 0 Å². The summed E-state index contributed by atoms with van der Waals surface area (Å²) in [6, 6.07) is 13.8. The van der Waals surface area contributed by atoms with Crippen LogP contribution in [0.15, 0.2) is 52.9 Å². The zero-order chi connectivity index (χ0) is 18.8. The molecular formula is C20H17NO6. The SMILES string of the molecule is C[C@H](NC(=O)COC(=O)c1ccc2c(c1)OCO2)c1cc2ccccc2o1. The highest BCUT2D eigenvalue weighted by atomic mass is 16.7. The van der Waals surface area contributed by atoms with Crippen molar-refractivity contribution in [3.63, 3.8) is 0 Å². The van der Waals surface area contributed by atoms with Crippen LogP contribution >= 0.6 is 0 Å². The minimum atomic E-state index is -0.611. The summed E-state index contributed by atoms with van der Waals surface area (Å²) < 4.78 is 21.2. The van der Waals surface area contributed by atoms with Gasteiger partial charge < -0.3 is 23.9 Å². The lowest BCUT2D eigenvalue weighted by Crippen LogP contribution is -2.31. The topological polar surface area (TPSA) is 87.0 Å². The molecule has 1 N–H and O–H groups in total. The monoisotopic (exact) mass is 367 g/mol. The molecule has 1 amide bonds. The zero-order valence-corrected chi connectivity index (χ0v) is 14.6. The van der Waals surface area contributed by atoms with Gasteiger partial charge in [0.05, 0.1) is 11.6 Å². The number of fused-ring (bicyclic) bond motifs is 2. The summed E-state index contributed by atoms with van der Waals surface area (Å²) in [5.41, 5.74) is 1.04. The second kappa shape index (κ2) is 7.03. The van der Waals surface area contributed by atoms with Gasteiger partial charge in [0, 0.05) is 5.39 Å². The summed E-state index contributed by atoms with van der Waals surface area (Å²) in [5.74, 6) is 0.653. The van der Waals surface area contributed by atoms with E-state index >= 15 is 0 Å². The molecule has 2 aromatic carbocycles. The van der Waals surface area contributed by atoms with Gasteiger partial charge in [0.1, 0.15) is 11.3 Å². The average molecular weight is 367 g/mol. The Balaban J connectivity index is 1.33. The van der Waals surface area contributed by atoms with Crippen LogP contribution in [0.3, 0.4) is 0 Å². The van der Waals surface area contributed by atoms with Crippen molar-refractivity contribution in [2.24, 2.45) is 0 Å². The Hall–Kier alpha value is -3.48. The molecule has 0 fully saturated rings. The number of benzene rings is 2. The van der Waals surface area contributed by atoms with E-state index in [-0.39, 0.29) is 18.4 Å². The van der Waals surface area contributed by atoms with Crippen molar-refractivity contribution in [1.82, 2.24) is 5.32 Å². The number of hydrogen-bond donors (Lipinski definition) is 1. The second-order valence-corrected chi connectivity index (χ2v) is 6.12. The van der Waals surface area contributed by atoms with Crippen molar-refractivity contribution < 1.29 is 28.2 Å². The number of carbonyl (C=O) groups is 2. The molecule has 7 heteroatoms. The summed E-state index contributed by atoms with van der Waals surface area (Å²) in [6.45, 7) is 1.53. The number of nitrogens with one attached hydrogen (secondary N) is 1. The van der Waals surface area contributed by atoms with E-state index in [1.165, 1.54) is 6.07 Å². The summed E-state index contributed by atoms with van der Waals surface area (Å²) >= 11 is 0. The first-order valence-electron chi connectivity index (χ1n) is 8.45. The normalized spacial score (nSPS) is 13.4. The third-order valence-electron chi connectivity index (χ3n) is 4.19. The number of amides is 1. The van der Waals surface area contributed by atoms with Crippen LogP contribution in [0.5, 0.6) is 11.5 Å². The molecule has 1 aromatic heterocycles. The number of hydrogen-bond acceptors (Lipinski definition) is 6. The van der Waals surface area contributed by atoms with Crippen LogP contribution < -0.4 is 14.8 Å². The Morgan fingerprint density at radius 2 is 1.93 bits per heavy atom. The van der Waals surface area contributed by atoms with Gasteiger partial charge >= 0.3 is 5.97 Å². The minimum absolute atomic E-state index is 0.121. The minimum Gasteiger partial charge on any atom is -0.459 e. The first-order valence-corrected chi connectivity index (χ1v) is 8.45. The molecule has 3 aromatic rings. The largest absolute Gasteiger partial charge is 0.459 e. The maximum absolute atomic E-state index is 12.1. The van der Waals surface area contributed by atoms with Gasteiger partial charge in [0.15, 0.2) is 18.1 Å². The first-order chi connectivity index (χ1) is 13.1. The molecule has 4 rings (SSSR count). The summed E-state index contributed by atoms with van der Waals surface area (Å²) in [7, 11) is 0. The number of ether oxygens (including phenoxy) is 3. The van der Waals surface area contributed by atoms with Gasteiger partial charge in [0.25, 0.3) is 5.91 Å². The third-order valence-corrected chi connectivity index (χ3v) is 4.19. The molecule has 1 atom stereocenters. The highest BCUT2D eigenvalue weighted by Gasteiger charge is 2.19. The number of para-hydroxylation sites is 1. The van der Waals surface area contributed by atoms with E-state index in [0.717, 1.165) is 11.0 Å². The molecule has 0 saturated carbocycles. The third kappa shape index (κ3) is 3.57. The highest BCUT2D eigenvalue weighted by molar-refractivity contribution is 5.92. The first kappa shape index (κ1) is 17.0. The standard InChI is InChI=1S/C20H17NO6/c1-12(17-8-13-4-2-3-5-15(13)27-17)21-19(22)10-24-20(23)14-6-7-16-18(9-14)26-11-25-16/h2-9,12H,10-11H2,1H3,(H,21,22)/t12-/m0/s1.